The van der Waals surface area contributed by atoms with Crippen LogP contribution in [0.4, 0.5) is 0 Å². The molecule has 0 amide bonds. The molecule has 1 aliphatic rings. The molecular formula is C12H18N2O. The minimum Gasteiger partial charge on any atom is -0.371 e. The number of hydrogen-bond acceptors (Lipinski definition) is 3. The van der Waals surface area contributed by atoms with Gasteiger partial charge in [0.2, 0.25) is 0 Å². The van der Waals surface area contributed by atoms with E-state index in [1.165, 1.54) is 12.8 Å². The first kappa shape index (κ1) is 10.6. The van der Waals surface area contributed by atoms with Crippen LogP contribution in [-0.4, -0.2) is 24.2 Å². The van der Waals surface area contributed by atoms with Crippen molar-refractivity contribution >= 4 is 0 Å². The molecule has 0 spiro atoms. The molecule has 1 N–H and O–H groups in total. The van der Waals surface area contributed by atoms with Crippen LogP contribution in [0.2, 0.25) is 0 Å². The summed E-state index contributed by atoms with van der Waals surface area (Å²) in [7, 11) is 0. The summed E-state index contributed by atoms with van der Waals surface area (Å²) in [6, 6.07) is 6.47. The Balaban J connectivity index is 1.79. The van der Waals surface area contributed by atoms with E-state index in [-0.39, 0.29) is 6.10 Å². The van der Waals surface area contributed by atoms with Crippen LogP contribution in [0.5, 0.6) is 0 Å². The molecule has 0 radical (unpaired) electrons. The minimum atomic E-state index is 0.0913. The summed E-state index contributed by atoms with van der Waals surface area (Å²) in [5.74, 6) is 0. The largest absolute Gasteiger partial charge is 0.371 e. The first-order chi connectivity index (χ1) is 7.36. The fourth-order valence-corrected chi connectivity index (χ4v) is 1.86. The second-order valence-corrected chi connectivity index (χ2v) is 4.02. The van der Waals surface area contributed by atoms with Gasteiger partial charge in [-0.05, 0) is 38.4 Å². The third kappa shape index (κ3) is 3.01. The Morgan fingerprint density at radius 1 is 1.60 bits per heavy atom. The first-order valence-corrected chi connectivity index (χ1v) is 5.62. The molecule has 1 aliphatic heterocycles. The van der Waals surface area contributed by atoms with Crippen molar-refractivity contribution in [2.24, 2.45) is 0 Å². The van der Waals surface area contributed by atoms with Crippen LogP contribution < -0.4 is 5.32 Å². The Kier molecular flexibility index (Phi) is 3.69. The highest BCUT2D eigenvalue weighted by atomic mass is 16.5. The van der Waals surface area contributed by atoms with Gasteiger partial charge in [0.05, 0.1) is 18.4 Å². The lowest BCUT2D eigenvalue weighted by Gasteiger charge is -2.16. The van der Waals surface area contributed by atoms with Crippen molar-refractivity contribution in [1.82, 2.24) is 10.3 Å². The highest BCUT2D eigenvalue weighted by Gasteiger charge is 2.16. The third-order valence-electron chi connectivity index (χ3n) is 2.81. The Labute approximate surface area is 90.9 Å². The van der Waals surface area contributed by atoms with E-state index in [2.05, 4.69) is 17.2 Å². The van der Waals surface area contributed by atoms with E-state index in [0.29, 0.717) is 6.04 Å². The van der Waals surface area contributed by atoms with Gasteiger partial charge < -0.3 is 10.1 Å². The Hall–Kier alpha value is -0.930. The summed E-state index contributed by atoms with van der Waals surface area (Å²) < 4.78 is 5.79. The first-order valence-electron chi connectivity index (χ1n) is 5.62. The number of pyridine rings is 1. The SMILES string of the molecule is C[C@@H](OC[C@H]1CCCN1)c1ccccn1. The fourth-order valence-electron chi connectivity index (χ4n) is 1.86. The zero-order chi connectivity index (χ0) is 10.5. The quantitative estimate of drug-likeness (QED) is 0.817. The molecule has 0 unspecified atom stereocenters. The maximum atomic E-state index is 5.79. The molecule has 15 heavy (non-hydrogen) atoms. The van der Waals surface area contributed by atoms with Gasteiger partial charge in [-0.25, -0.2) is 0 Å². The maximum Gasteiger partial charge on any atom is 0.0967 e. The van der Waals surface area contributed by atoms with Crippen molar-refractivity contribution < 1.29 is 4.74 Å². The lowest BCUT2D eigenvalue weighted by atomic mass is 10.2. The topological polar surface area (TPSA) is 34.1 Å². The molecule has 2 atom stereocenters. The van der Waals surface area contributed by atoms with Crippen molar-refractivity contribution in [3.8, 4) is 0 Å². The minimum absolute atomic E-state index is 0.0913. The molecule has 2 rings (SSSR count). The van der Waals surface area contributed by atoms with Gasteiger partial charge in [0, 0.05) is 12.2 Å². The predicted molar refractivity (Wildman–Crippen MR) is 59.6 cm³/mol. The van der Waals surface area contributed by atoms with Crippen molar-refractivity contribution in [2.75, 3.05) is 13.2 Å². The van der Waals surface area contributed by atoms with E-state index in [9.17, 15) is 0 Å². The zero-order valence-corrected chi connectivity index (χ0v) is 9.15. The number of nitrogens with one attached hydrogen (secondary N) is 1. The monoisotopic (exact) mass is 206 g/mol. The molecule has 0 aliphatic carbocycles. The Morgan fingerprint density at radius 2 is 2.53 bits per heavy atom. The molecule has 1 aromatic rings. The smallest absolute Gasteiger partial charge is 0.0967 e. The van der Waals surface area contributed by atoms with Crippen LogP contribution in [0, 0.1) is 0 Å². The molecule has 3 nitrogen and oxygen atoms in total. The van der Waals surface area contributed by atoms with Gasteiger partial charge in [-0.3, -0.25) is 4.98 Å². The van der Waals surface area contributed by atoms with Crippen molar-refractivity contribution in [2.45, 2.75) is 31.9 Å². The van der Waals surface area contributed by atoms with Gasteiger partial charge in [0.1, 0.15) is 0 Å². The highest BCUT2D eigenvalue weighted by molar-refractivity contribution is 5.05. The zero-order valence-electron chi connectivity index (χ0n) is 9.15. The number of rotatable bonds is 4. The third-order valence-corrected chi connectivity index (χ3v) is 2.81. The van der Waals surface area contributed by atoms with Crippen molar-refractivity contribution in [3.63, 3.8) is 0 Å². The number of hydrogen-bond donors (Lipinski definition) is 1. The standard InChI is InChI=1S/C12H18N2O/c1-10(12-6-2-3-7-14-12)15-9-11-5-4-8-13-11/h2-3,6-7,10-11,13H,4-5,8-9H2,1H3/t10-,11-/m1/s1. The summed E-state index contributed by atoms with van der Waals surface area (Å²) in [5, 5.41) is 3.42. The van der Waals surface area contributed by atoms with Crippen LogP contribution in [0.25, 0.3) is 0 Å². The van der Waals surface area contributed by atoms with Gasteiger partial charge in [-0.1, -0.05) is 6.07 Å². The van der Waals surface area contributed by atoms with Gasteiger partial charge in [-0.2, -0.15) is 0 Å². The van der Waals surface area contributed by atoms with E-state index in [4.69, 9.17) is 4.74 Å². The van der Waals surface area contributed by atoms with Gasteiger partial charge in [0.15, 0.2) is 0 Å². The molecule has 1 saturated heterocycles. The van der Waals surface area contributed by atoms with E-state index >= 15 is 0 Å². The fraction of sp³-hybridized carbons (Fsp3) is 0.583. The molecular weight excluding hydrogens is 188 g/mol. The normalized spacial score (nSPS) is 22.9. The van der Waals surface area contributed by atoms with E-state index in [0.717, 1.165) is 18.8 Å². The van der Waals surface area contributed by atoms with Crippen LogP contribution in [0.3, 0.4) is 0 Å². The molecule has 1 fully saturated rings. The predicted octanol–water partition coefficient (Wildman–Crippen LogP) is 1.91. The lowest BCUT2D eigenvalue weighted by molar-refractivity contribution is 0.0499. The van der Waals surface area contributed by atoms with Crippen LogP contribution >= 0.6 is 0 Å². The van der Waals surface area contributed by atoms with Crippen molar-refractivity contribution in [1.29, 1.82) is 0 Å². The highest BCUT2D eigenvalue weighted by Crippen LogP contribution is 2.15. The molecule has 1 aromatic heterocycles. The summed E-state index contributed by atoms with van der Waals surface area (Å²) in [5.41, 5.74) is 1.01. The van der Waals surface area contributed by atoms with Gasteiger partial charge in [0.25, 0.3) is 0 Å². The molecule has 0 aromatic carbocycles. The van der Waals surface area contributed by atoms with Gasteiger partial charge in [-0.15, -0.1) is 0 Å². The summed E-state index contributed by atoms with van der Waals surface area (Å²) in [6.45, 7) is 3.97. The molecule has 2 heterocycles. The average molecular weight is 206 g/mol. The molecule has 82 valence electrons. The molecule has 3 heteroatoms. The Morgan fingerprint density at radius 3 is 3.20 bits per heavy atom. The van der Waals surface area contributed by atoms with Crippen LogP contribution in [0.15, 0.2) is 24.4 Å². The average Bonchev–Trinajstić information content (AvgIpc) is 2.80. The molecule has 0 bridgehead atoms. The second-order valence-electron chi connectivity index (χ2n) is 4.02. The van der Waals surface area contributed by atoms with E-state index in [1.54, 1.807) is 0 Å². The summed E-state index contributed by atoms with van der Waals surface area (Å²) in [6.07, 6.45) is 4.40. The maximum absolute atomic E-state index is 5.79. The van der Waals surface area contributed by atoms with E-state index < -0.39 is 0 Å². The number of nitrogens with zero attached hydrogens (tertiary/aromatic N) is 1. The lowest BCUT2D eigenvalue weighted by Crippen LogP contribution is -2.27. The van der Waals surface area contributed by atoms with E-state index in [1.807, 2.05) is 24.4 Å². The van der Waals surface area contributed by atoms with Gasteiger partial charge >= 0.3 is 0 Å². The second kappa shape index (κ2) is 5.24. The number of ether oxygens (including phenoxy) is 1. The summed E-state index contributed by atoms with van der Waals surface area (Å²) in [4.78, 5) is 4.28. The van der Waals surface area contributed by atoms with Crippen LogP contribution in [-0.2, 0) is 4.74 Å². The Bertz CT molecular complexity index is 283. The molecule has 0 saturated carbocycles. The number of aromatic nitrogens is 1. The summed E-state index contributed by atoms with van der Waals surface area (Å²) >= 11 is 0. The van der Waals surface area contributed by atoms with Crippen LogP contribution in [0.1, 0.15) is 31.6 Å². The van der Waals surface area contributed by atoms with Crippen molar-refractivity contribution in [3.05, 3.63) is 30.1 Å².